The zero-order valence-electron chi connectivity index (χ0n) is 11.4. The van der Waals surface area contributed by atoms with Crippen LogP contribution in [0.2, 0.25) is 0 Å². The fourth-order valence-corrected chi connectivity index (χ4v) is 2.35. The number of piperidine rings is 1. The van der Waals surface area contributed by atoms with Gasteiger partial charge < -0.3 is 15.3 Å². The molecule has 1 unspecified atom stereocenters. The molecule has 1 aliphatic rings. The summed E-state index contributed by atoms with van der Waals surface area (Å²) in [4.78, 5) is 32.8. The Morgan fingerprint density at radius 3 is 2.95 bits per heavy atom. The first-order valence-corrected chi connectivity index (χ1v) is 6.58. The molecule has 108 valence electrons. The van der Waals surface area contributed by atoms with E-state index in [1.54, 1.807) is 19.2 Å². The van der Waals surface area contributed by atoms with Crippen molar-refractivity contribution < 1.29 is 14.7 Å². The van der Waals surface area contributed by atoms with Crippen molar-refractivity contribution in [2.75, 3.05) is 6.54 Å². The van der Waals surface area contributed by atoms with Gasteiger partial charge in [-0.2, -0.15) is 0 Å². The number of aliphatic carboxylic acids is 1. The average Bonchev–Trinajstić information content (AvgIpc) is 2.46. The maximum absolute atomic E-state index is 12.2. The number of carbonyl (C=O) groups excluding carboxylic acids is 1. The van der Waals surface area contributed by atoms with Crippen LogP contribution < -0.4 is 5.32 Å². The van der Waals surface area contributed by atoms with E-state index in [1.165, 1.54) is 11.2 Å². The van der Waals surface area contributed by atoms with Crippen LogP contribution in [-0.2, 0) is 11.3 Å². The van der Waals surface area contributed by atoms with Gasteiger partial charge in [0.1, 0.15) is 11.9 Å². The van der Waals surface area contributed by atoms with E-state index in [-0.39, 0.29) is 12.6 Å². The van der Waals surface area contributed by atoms with Gasteiger partial charge in [0.15, 0.2) is 0 Å². The standard InChI is InChI=1S/C13H18N4O3/c1-13(11(18)19)5-2-3-7-17(13)12(20)15-8-10-4-6-14-9-16-10/h4,6,9H,2-3,5,7-8H2,1H3,(H,15,20)(H,18,19). The number of carboxylic acids is 1. The first kappa shape index (κ1) is 14.2. The molecule has 1 atom stereocenters. The molecule has 1 aromatic heterocycles. The Kier molecular flexibility index (Phi) is 4.16. The predicted octanol–water partition coefficient (Wildman–Crippen LogP) is 1.02. The Bertz CT molecular complexity index is 494. The van der Waals surface area contributed by atoms with Gasteiger partial charge in [0.2, 0.25) is 0 Å². The predicted molar refractivity (Wildman–Crippen MR) is 70.9 cm³/mol. The van der Waals surface area contributed by atoms with Crippen LogP contribution in [0.5, 0.6) is 0 Å². The Morgan fingerprint density at radius 2 is 2.30 bits per heavy atom. The lowest BCUT2D eigenvalue weighted by molar-refractivity contribution is -0.150. The molecule has 2 rings (SSSR count). The number of likely N-dealkylation sites (tertiary alicyclic amines) is 1. The Balaban J connectivity index is 2.02. The third-order valence-corrected chi connectivity index (χ3v) is 3.66. The number of nitrogens with zero attached hydrogens (tertiary/aromatic N) is 3. The molecule has 0 saturated carbocycles. The molecule has 2 N–H and O–H groups in total. The van der Waals surface area contributed by atoms with Gasteiger partial charge in [0.25, 0.3) is 0 Å². The van der Waals surface area contributed by atoms with Gasteiger partial charge in [0, 0.05) is 12.7 Å². The molecule has 7 heteroatoms. The highest BCUT2D eigenvalue weighted by molar-refractivity contribution is 5.86. The smallest absolute Gasteiger partial charge is 0.329 e. The summed E-state index contributed by atoms with van der Waals surface area (Å²) < 4.78 is 0. The van der Waals surface area contributed by atoms with Crippen LogP contribution in [-0.4, -0.2) is 44.1 Å². The van der Waals surface area contributed by atoms with E-state index in [0.717, 1.165) is 12.8 Å². The second-order valence-electron chi connectivity index (χ2n) is 5.05. The van der Waals surface area contributed by atoms with Gasteiger partial charge in [-0.1, -0.05) is 0 Å². The van der Waals surface area contributed by atoms with Crippen molar-refractivity contribution in [2.24, 2.45) is 0 Å². The summed E-state index contributed by atoms with van der Waals surface area (Å²) in [5.74, 6) is -0.964. The molecule has 0 aliphatic carbocycles. The lowest BCUT2D eigenvalue weighted by atomic mass is 9.89. The summed E-state index contributed by atoms with van der Waals surface area (Å²) in [5, 5.41) is 12.1. The fourth-order valence-electron chi connectivity index (χ4n) is 2.35. The largest absolute Gasteiger partial charge is 0.480 e. The lowest BCUT2D eigenvalue weighted by Crippen LogP contribution is -2.59. The van der Waals surface area contributed by atoms with Crippen LogP contribution in [0.1, 0.15) is 31.9 Å². The van der Waals surface area contributed by atoms with E-state index in [9.17, 15) is 14.7 Å². The van der Waals surface area contributed by atoms with E-state index < -0.39 is 11.5 Å². The van der Waals surface area contributed by atoms with E-state index >= 15 is 0 Å². The monoisotopic (exact) mass is 278 g/mol. The van der Waals surface area contributed by atoms with E-state index in [1.807, 2.05) is 0 Å². The molecule has 1 fully saturated rings. The number of nitrogens with one attached hydrogen (secondary N) is 1. The summed E-state index contributed by atoms with van der Waals surface area (Å²) in [6, 6.07) is 1.33. The van der Waals surface area contributed by atoms with Crippen LogP contribution in [0.4, 0.5) is 4.79 Å². The van der Waals surface area contributed by atoms with Gasteiger partial charge in [0.05, 0.1) is 12.2 Å². The molecule has 0 radical (unpaired) electrons. The third kappa shape index (κ3) is 2.87. The molecule has 2 heterocycles. The first-order valence-electron chi connectivity index (χ1n) is 6.58. The third-order valence-electron chi connectivity index (χ3n) is 3.66. The summed E-state index contributed by atoms with van der Waals surface area (Å²) in [6.45, 7) is 2.31. The SMILES string of the molecule is CC1(C(=O)O)CCCCN1C(=O)NCc1ccncn1. The van der Waals surface area contributed by atoms with Crippen molar-refractivity contribution in [2.45, 2.75) is 38.3 Å². The van der Waals surface area contributed by atoms with Crippen molar-refractivity contribution >= 4 is 12.0 Å². The first-order chi connectivity index (χ1) is 9.54. The highest BCUT2D eigenvalue weighted by Gasteiger charge is 2.43. The number of carboxylic acid groups (broad SMARTS) is 1. The molecule has 20 heavy (non-hydrogen) atoms. The second-order valence-corrected chi connectivity index (χ2v) is 5.05. The maximum Gasteiger partial charge on any atom is 0.329 e. The van der Waals surface area contributed by atoms with Gasteiger partial charge in [-0.15, -0.1) is 0 Å². The maximum atomic E-state index is 12.2. The highest BCUT2D eigenvalue weighted by Crippen LogP contribution is 2.28. The number of carbonyl (C=O) groups is 2. The van der Waals surface area contributed by atoms with Crippen LogP contribution >= 0.6 is 0 Å². The van der Waals surface area contributed by atoms with Crippen LogP contribution in [0, 0.1) is 0 Å². The number of aromatic nitrogens is 2. The summed E-state index contributed by atoms with van der Waals surface area (Å²) in [5.41, 5.74) is -0.448. The van der Waals surface area contributed by atoms with Gasteiger partial charge in [-0.3, -0.25) is 0 Å². The van der Waals surface area contributed by atoms with Gasteiger partial charge >= 0.3 is 12.0 Å². The van der Waals surface area contributed by atoms with Crippen LogP contribution in [0.25, 0.3) is 0 Å². The minimum Gasteiger partial charge on any atom is -0.480 e. The number of hydrogen-bond acceptors (Lipinski definition) is 4. The van der Waals surface area contributed by atoms with Gasteiger partial charge in [-0.05, 0) is 32.3 Å². The number of hydrogen-bond donors (Lipinski definition) is 2. The minimum absolute atomic E-state index is 0.257. The Morgan fingerprint density at radius 1 is 1.50 bits per heavy atom. The minimum atomic E-state index is -1.13. The van der Waals surface area contributed by atoms with E-state index in [2.05, 4.69) is 15.3 Å². The van der Waals surface area contributed by atoms with Crippen molar-refractivity contribution in [1.29, 1.82) is 0 Å². The zero-order valence-corrected chi connectivity index (χ0v) is 11.4. The molecule has 1 saturated heterocycles. The molecule has 0 bridgehead atoms. The Labute approximate surface area is 117 Å². The summed E-state index contributed by atoms with van der Waals surface area (Å²) in [6.07, 6.45) is 5.12. The molecule has 0 aromatic carbocycles. The molecule has 1 aliphatic heterocycles. The van der Waals surface area contributed by atoms with Crippen molar-refractivity contribution in [3.63, 3.8) is 0 Å². The zero-order chi connectivity index (χ0) is 14.6. The number of amides is 2. The topological polar surface area (TPSA) is 95.4 Å². The number of urea groups is 1. The second kappa shape index (κ2) is 5.85. The average molecular weight is 278 g/mol. The molecule has 7 nitrogen and oxygen atoms in total. The lowest BCUT2D eigenvalue weighted by Gasteiger charge is -2.41. The molecular weight excluding hydrogens is 260 g/mol. The van der Waals surface area contributed by atoms with Crippen LogP contribution in [0.3, 0.4) is 0 Å². The normalized spacial score (nSPS) is 22.4. The summed E-state index contributed by atoms with van der Waals surface area (Å²) >= 11 is 0. The Hall–Kier alpha value is -2.18. The molecule has 2 amide bonds. The fraction of sp³-hybridized carbons (Fsp3) is 0.538. The van der Waals surface area contributed by atoms with E-state index in [0.29, 0.717) is 18.7 Å². The molecule has 0 spiro atoms. The van der Waals surface area contributed by atoms with Crippen molar-refractivity contribution in [3.05, 3.63) is 24.3 Å². The number of rotatable bonds is 3. The quantitative estimate of drug-likeness (QED) is 0.860. The highest BCUT2D eigenvalue weighted by atomic mass is 16.4. The van der Waals surface area contributed by atoms with E-state index in [4.69, 9.17) is 0 Å². The summed E-state index contributed by atoms with van der Waals surface area (Å²) in [7, 11) is 0. The molecule has 1 aromatic rings. The molecular formula is C13H18N4O3. The van der Waals surface area contributed by atoms with Crippen LogP contribution in [0.15, 0.2) is 18.6 Å². The van der Waals surface area contributed by atoms with Gasteiger partial charge in [-0.25, -0.2) is 19.6 Å². The van der Waals surface area contributed by atoms with Crippen molar-refractivity contribution in [1.82, 2.24) is 20.2 Å². The van der Waals surface area contributed by atoms with Crippen molar-refractivity contribution in [3.8, 4) is 0 Å².